The van der Waals surface area contributed by atoms with E-state index in [4.69, 9.17) is 0 Å². The number of hydrogen-bond donors (Lipinski definition) is 2. The second-order valence-electron chi connectivity index (χ2n) is 4.48. The van der Waals surface area contributed by atoms with Crippen molar-refractivity contribution in [2.24, 2.45) is 0 Å². The highest BCUT2D eigenvalue weighted by atomic mass is 79.9. The monoisotopic (exact) mass is 298 g/mol. The molecule has 0 saturated heterocycles. The van der Waals surface area contributed by atoms with E-state index < -0.39 is 0 Å². The van der Waals surface area contributed by atoms with Gasteiger partial charge >= 0.3 is 0 Å². The SMILES string of the molecule is CC(C)NC(C)CC(=O)Nc1ccc(Br)cc1. The molecule has 0 spiro atoms. The molecule has 0 saturated carbocycles. The van der Waals surface area contributed by atoms with Gasteiger partial charge in [0.05, 0.1) is 0 Å². The Morgan fingerprint density at radius 2 is 1.82 bits per heavy atom. The van der Waals surface area contributed by atoms with Crippen molar-refractivity contribution in [2.75, 3.05) is 5.32 Å². The average Bonchev–Trinajstić information content (AvgIpc) is 2.19. The Hall–Kier alpha value is -0.870. The first kappa shape index (κ1) is 14.2. The Kier molecular flexibility index (Phi) is 5.65. The van der Waals surface area contributed by atoms with Gasteiger partial charge in [0.15, 0.2) is 0 Å². The van der Waals surface area contributed by atoms with E-state index >= 15 is 0 Å². The Balaban J connectivity index is 2.41. The lowest BCUT2D eigenvalue weighted by atomic mass is 10.2. The second-order valence-corrected chi connectivity index (χ2v) is 5.40. The number of rotatable bonds is 5. The molecule has 1 rings (SSSR count). The molecule has 1 atom stereocenters. The molecular formula is C13H19BrN2O. The number of carbonyl (C=O) groups is 1. The molecule has 0 fully saturated rings. The summed E-state index contributed by atoms with van der Waals surface area (Å²) in [6.07, 6.45) is 0.480. The number of carbonyl (C=O) groups excluding carboxylic acids is 1. The molecule has 0 heterocycles. The lowest BCUT2D eigenvalue weighted by Crippen LogP contribution is -2.35. The summed E-state index contributed by atoms with van der Waals surface area (Å²) in [5, 5.41) is 6.17. The predicted octanol–water partition coefficient (Wildman–Crippen LogP) is 3.16. The molecule has 1 aromatic carbocycles. The van der Waals surface area contributed by atoms with E-state index in [9.17, 15) is 4.79 Å². The molecule has 0 radical (unpaired) electrons. The molecule has 3 nitrogen and oxygen atoms in total. The molecule has 94 valence electrons. The van der Waals surface area contributed by atoms with Crippen molar-refractivity contribution in [3.05, 3.63) is 28.7 Å². The highest BCUT2D eigenvalue weighted by Gasteiger charge is 2.09. The van der Waals surface area contributed by atoms with E-state index in [1.807, 2.05) is 31.2 Å². The van der Waals surface area contributed by atoms with Gasteiger partial charge in [0.2, 0.25) is 5.91 Å². The Labute approximate surface area is 111 Å². The van der Waals surface area contributed by atoms with Crippen molar-refractivity contribution in [1.29, 1.82) is 0 Å². The molecule has 1 aromatic rings. The fourth-order valence-electron chi connectivity index (χ4n) is 1.65. The van der Waals surface area contributed by atoms with Gasteiger partial charge in [-0.05, 0) is 31.2 Å². The normalized spacial score (nSPS) is 12.5. The zero-order chi connectivity index (χ0) is 12.8. The largest absolute Gasteiger partial charge is 0.326 e. The highest BCUT2D eigenvalue weighted by molar-refractivity contribution is 9.10. The van der Waals surface area contributed by atoms with Crippen molar-refractivity contribution < 1.29 is 4.79 Å². The number of halogens is 1. The Morgan fingerprint density at radius 1 is 1.24 bits per heavy atom. The number of nitrogens with one attached hydrogen (secondary N) is 2. The van der Waals surface area contributed by atoms with Crippen LogP contribution >= 0.6 is 15.9 Å². The van der Waals surface area contributed by atoms with Crippen LogP contribution in [0.15, 0.2) is 28.7 Å². The Morgan fingerprint density at radius 3 is 2.35 bits per heavy atom. The maximum Gasteiger partial charge on any atom is 0.225 e. The third kappa shape index (κ3) is 5.84. The van der Waals surface area contributed by atoms with Crippen LogP contribution in [0.5, 0.6) is 0 Å². The Bertz CT molecular complexity index is 362. The summed E-state index contributed by atoms with van der Waals surface area (Å²) in [6, 6.07) is 8.15. The van der Waals surface area contributed by atoms with E-state index in [0.29, 0.717) is 12.5 Å². The molecule has 0 aliphatic carbocycles. The zero-order valence-electron chi connectivity index (χ0n) is 10.5. The van der Waals surface area contributed by atoms with E-state index in [2.05, 4.69) is 40.4 Å². The zero-order valence-corrected chi connectivity index (χ0v) is 12.0. The quantitative estimate of drug-likeness (QED) is 0.877. The second kappa shape index (κ2) is 6.77. The standard InChI is InChI=1S/C13H19BrN2O/c1-9(2)15-10(3)8-13(17)16-12-6-4-11(14)5-7-12/h4-7,9-10,15H,8H2,1-3H3,(H,16,17). The number of hydrogen-bond acceptors (Lipinski definition) is 2. The summed E-state index contributed by atoms with van der Waals surface area (Å²) < 4.78 is 1.00. The minimum absolute atomic E-state index is 0.0352. The summed E-state index contributed by atoms with van der Waals surface area (Å²) in [7, 11) is 0. The van der Waals surface area contributed by atoms with Crippen molar-refractivity contribution in [3.63, 3.8) is 0 Å². The number of anilines is 1. The van der Waals surface area contributed by atoms with Crippen LogP contribution in [-0.2, 0) is 4.79 Å². The summed E-state index contributed by atoms with van der Waals surface area (Å²) in [4.78, 5) is 11.7. The molecule has 0 aliphatic rings. The van der Waals surface area contributed by atoms with Gasteiger partial charge in [-0.15, -0.1) is 0 Å². The maximum absolute atomic E-state index is 11.7. The summed E-state index contributed by atoms with van der Waals surface area (Å²) >= 11 is 3.36. The number of benzene rings is 1. The topological polar surface area (TPSA) is 41.1 Å². The van der Waals surface area contributed by atoms with E-state index in [1.165, 1.54) is 0 Å². The van der Waals surface area contributed by atoms with Crippen molar-refractivity contribution in [1.82, 2.24) is 5.32 Å². The van der Waals surface area contributed by atoms with Gasteiger partial charge in [0, 0.05) is 28.7 Å². The minimum Gasteiger partial charge on any atom is -0.326 e. The lowest BCUT2D eigenvalue weighted by molar-refractivity contribution is -0.116. The van der Waals surface area contributed by atoms with Gasteiger partial charge in [-0.2, -0.15) is 0 Å². The van der Waals surface area contributed by atoms with Crippen LogP contribution in [0, 0.1) is 0 Å². The maximum atomic E-state index is 11.7. The van der Waals surface area contributed by atoms with Gasteiger partial charge in [-0.3, -0.25) is 4.79 Å². The fraction of sp³-hybridized carbons (Fsp3) is 0.462. The highest BCUT2D eigenvalue weighted by Crippen LogP contribution is 2.14. The van der Waals surface area contributed by atoms with Gasteiger partial charge in [-0.25, -0.2) is 0 Å². The van der Waals surface area contributed by atoms with Crippen LogP contribution in [0.25, 0.3) is 0 Å². The number of amides is 1. The van der Waals surface area contributed by atoms with Gasteiger partial charge in [0.1, 0.15) is 0 Å². The van der Waals surface area contributed by atoms with E-state index in [0.717, 1.165) is 10.2 Å². The van der Waals surface area contributed by atoms with Crippen LogP contribution in [-0.4, -0.2) is 18.0 Å². The smallest absolute Gasteiger partial charge is 0.225 e. The van der Waals surface area contributed by atoms with Crippen LogP contribution in [0.3, 0.4) is 0 Å². The predicted molar refractivity (Wildman–Crippen MR) is 75.1 cm³/mol. The fourth-order valence-corrected chi connectivity index (χ4v) is 1.92. The molecule has 0 bridgehead atoms. The van der Waals surface area contributed by atoms with Gasteiger partial charge in [-0.1, -0.05) is 29.8 Å². The van der Waals surface area contributed by atoms with Crippen molar-refractivity contribution in [2.45, 2.75) is 39.3 Å². The molecule has 4 heteroatoms. The van der Waals surface area contributed by atoms with E-state index in [-0.39, 0.29) is 11.9 Å². The third-order valence-electron chi connectivity index (χ3n) is 2.24. The summed E-state index contributed by atoms with van der Waals surface area (Å²) in [5.74, 6) is 0.0352. The van der Waals surface area contributed by atoms with E-state index in [1.54, 1.807) is 0 Å². The lowest BCUT2D eigenvalue weighted by Gasteiger charge is -2.16. The first-order chi connectivity index (χ1) is 7.97. The first-order valence-electron chi connectivity index (χ1n) is 5.79. The minimum atomic E-state index is 0.0352. The van der Waals surface area contributed by atoms with Crippen molar-refractivity contribution in [3.8, 4) is 0 Å². The third-order valence-corrected chi connectivity index (χ3v) is 2.77. The first-order valence-corrected chi connectivity index (χ1v) is 6.58. The summed E-state index contributed by atoms with van der Waals surface area (Å²) in [5.41, 5.74) is 0.829. The summed E-state index contributed by atoms with van der Waals surface area (Å²) in [6.45, 7) is 6.16. The molecule has 2 N–H and O–H groups in total. The van der Waals surface area contributed by atoms with Gasteiger partial charge < -0.3 is 10.6 Å². The average molecular weight is 299 g/mol. The van der Waals surface area contributed by atoms with Crippen LogP contribution in [0.2, 0.25) is 0 Å². The molecule has 0 aromatic heterocycles. The van der Waals surface area contributed by atoms with Crippen molar-refractivity contribution >= 4 is 27.5 Å². The van der Waals surface area contributed by atoms with Gasteiger partial charge in [0.25, 0.3) is 0 Å². The molecular weight excluding hydrogens is 280 g/mol. The molecule has 1 unspecified atom stereocenters. The van der Waals surface area contributed by atoms with Crippen LogP contribution in [0.4, 0.5) is 5.69 Å². The molecule has 1 amide bonds. The van der Waals surface area contributed by atoms with Crippen LogP contribution in [0.1, 0.15) is 27.2 Å². The van der Waals surface area contributed by atoms with Crippen LogP contribution < -0.4 is 10.6 Å². The molecule has 17 heavy (non-hydrogen) atoms. The molecule has 0 aliphatic heterocycles.